The molecule has 0 unspecified atom stereocenters. The second-order valence-corrected chi connectivity index (χ2v) is 5.71. The summed E-state index contributed by atoms with van der Waals surface area (Å²) < 4.78 is 1.12. The first-order valence-corrected chi connectivity index (χ1v) is 7.09. The smallest absolute Gasteiger partial charge is 0.0439 e. The molecule has 1 aromatic carbocycles. The van der Waals surface area contributed by atoms with Crippen molar-refractivity contribution in [2.24, 2.45) is 0 Å². The summed E-state index contributed by atoms with van der Waals surface area (Å²) in [5, 5.41) is 0.889. The number of piperidine rings is 1. The molecule has 0 amide bonds. The van der Waals surface area contributed by atoms with Crippen LogP contribution in [0.3, 0.4) is 0 Å². The minimum absolute atomic E-state index is 0.889. The van der Waals surface area contributed by atoms with Gasteiger partial charge in [0.1, 0.15) is 0 Å². The van der Waals surface area contributed by atoms with Gasteiger partial charge in [-0.05, 0) is 56.1 Å². The Bertz CT molecular complexity index is 348. The van der Waals surface area contributed by atoms with E-state index in [1.54, 1.807) is 0 Å². The zero-order chi connectivity index (χ0) is 11.4. The predicted octanol–water partition coefficient (Wildman–Crippen LogP) is 4.13. The van der Waals surface area contributed by atoms with Crippen molar-refractivity contribution in [1.29, 1.82) is 0 Å². The van der Waals surface area contributed by atoms with Crippen molar-refractivity contribution in [2.75, 3.05) is 19.6 Å². The summed E-state index contributed by atoms with van der Waals surface area (Å²) in [4.78, 5) is 2.54. The molecule has 0 saturated carbocycles. The molecule has 0 aliphatic carbocycles. The molecule has 1 aliphatic rings. The standard InChI is InChI=1S/C13H17BrClN/c14-12-4-5-13(15)11(10-12)6-9-16-7-2-1-3-8-16/h4-5,10H,1-3,6-9H2. The third-order valence-corrected chi connectivity index (χ3v) is 4.02. The van der Waals surface area contributed by atoms with E-state index in [9.17, 15) is 0 Å². The monoisotopic (exact) mass is 301 g/mol. The molecule has 1 aliphatic heterocycles. The van der Waals surface area contributed by atoms with Crippen LogP contribution in [0.5, 0.6) is 0 Å². The zero-order valence-electron chi connectivity index (χ0n) is 9.38. The normalized spacial score (nSPS) is 17.6. The van der Waals surface area contributed by atoms with Crippen LogP contribution in [0.25, 0.3) is 0 Å². The molecule has 0 bridgehead atoms. The third-order valence-electron chi connectivity index (χ3n) is 3.15. The number of halogens is 2. The highest BCUT2D eigenvalue weighted by molar-refractivity contribution is 9.10. The number of likely N-dealkylation sites (tertiary alicyclic amines) is 1. The van der Waals surface area contributed by atoms with E-state index in [-0.39, 0.29) is 0 Å². The molecule has 1 heterocycles. The first-order valence-electron chi connectivity index (χ1n) is 5.92. The predicted molar refractivity (Wildman–Crippen MR) is 73.1 cm³/mol. The molecular weight excluding hydrogens is 286 g/mol. The topological polar surface area (TPSA) is 3.24 Å². The Balaban J connectivity index is 1.90. The Morgan fingerprint density at radius 2 is 1.94 bits per heavy atom. The van der Waals surface area contributed by atoms with Crippen molar-refractivity contribution < 1.29 is 0 Å². The van der Waals surface area contributed by atoms with Crippen molar-refractivity contribution in [1.82, 2.24) is 4.90 Å². The lowest BCUT2D eigenvalue weighted by Crippen LogP contribution is -2.31. The molecule has 16 heavy (non-hydrogen) atoms. The summed E-state index contributed by atoms with van der Waals surface area (Å²) in [6.45, 7) is 3.65. The number of nitrogens with zero attached hydrogens (tertiary/aromatic N) is 1. The van der Waals surface area contributed by atoms with Gasteiger partial charge in [-0.15, -0.1) is 0 Å². The Labute approximate surface area is 111 Å². The quantitative estimate of drug-likeness (QED) is 0.811. The number of hydrogen-bond acceptors (Lipinski definition) is 1. The summed E-state index contributed by atoms with van der Waals surface area (Å²) in [5.41, 5.74) is 1.25. The van der Waals surface area contributed by atoms with Crippen LogP contribution in [0.4, 0.5) is 0 Å². The molecular formula is C13H17BrClN. The average Bonchev–Trinajstić information content (AvgIpc) is 2.32. The van der Waals surface area contributed by atoms with E-state index in [0.29, 0.717) is 0 Å². The van der Waals surface area contributed by atoms with E-state index < -0.39 is 0 Å². The van der Waals surface area contributed by atoms with E-state index in [4.69, 9.17) is 11.6 Å². The van der Waals surface area contributed by atoms with Crippen molar-refractivity contribution in [3.8, 4) is 0 Å². The molecule has 1 aromatic rings. The van der Waals surface area contributed by atoms with Crippen LogP contribution < -0.4 is 0 Å². The van der Waals surface area contributed by atoms with Gasteiger partial charge in [0.05, 0.1) is 0 Å². The second kappa shape index (κ2) is 6.04. The van der Waals surface area contributed by atoms with Gasteiger partial charge in [0.25, 0.3) is 0 Å². The molecule has 0 atom stereocenters. The summed E-state index contributed by atoms with van der Waals surface area (Å²) in [6, 6.07) is 6.09. The van der Waals surface area contributed by atoms with Crippen LogP contribution in [-0.2, 0) is 6.42 Å². The Morgan fingerprint density at radius 3 is 2.69 bits per heavy atom. The van der Waals surface area contributed by atoms with Gasteiger partial charge >= 0.3 is 0 Å². The molecule has 2 rings (SSSR count). The molecule has 0 aromatic heterocycles. The largest absolute Gasteiger partial charge is 0.303 e. The summed E-state index contributed by atoms with van der Waals surface area (Å²) in [6.07, 6.45) is 5.16. The van der Waals surface area contributed by atoms with Gasteiger partial charge in [0.2, 0.25) is 0 Å². The van der Waals surface area contributed by atoms with Crippen molar-refractivity contribution in [3.05, 3.63) is 33.3 Å². The summed E-state index contributed by atoms with van der Waals surface area (Å²) in [7, 11) is 0. The van der Waals surface area contributed by atoms with E-state index in [1.807, 2.05) is 12.1 Å². The average molecular weight is 303 g/mol. The highest BCUT2D eigenvalue weighted by atomic mass is 79.9. The molecule has 1 fully saturated rings. The maximum Gasteiger partial charge on any atom is 0.0439 e. The molecule has 88 valence electrons. The maximum atomic E-state index is 6.17. The fourth-order valence-electron chi connectivity index (χ4n) is 2.20. The van der Waals surface area contributed by atoms with Crippen LogP contribution in [0.2, 0.25) is 5.02 Å². The van der Waals surface area contributed by atoms with Gasteiger partial charge in [-0.1, -0.05) is 34.0 Å². The first-order chi connectivity index (χ1) is 7.75. The Morgan fingerprint density at radius 1 is 1.19 bits per heavy atom. The van der Waals surface area contributed by atoms with Crippen molar-refractivity contribution in [2.45, 2.75) is 25.7 Å². The Hall–Kier alpha value is -0.0500. The minimum atomic E-state index is 0.889. The van der Waals surface area contributed by atoms with Crippen molar-refractivity contribution >= 4 is 27.5 Å². The second-order valence-electron chi connectivity index (χ2n) is 4.39. The minimum Gasteiger partial charge on any atom is -0.303 e. The molecule has 0 radical (unpaired) electrons. The SMILES string of the molecule is Clc1ccc(Br)cc1CCN1CCCCC1. The number of hydrogen-bond donors (Lipinski definition) is 0. The lowest BCUT2D eigenvalue weighted by atomic mass is 10.1. The summed E-state index contributed by atoms with van der Waals surface area (Å²) in [5.74, 6) is 0. The van der Waals surface area contributed by atoms with Crippen LogP contribution in [-0.4, -0.2) is 24.5 Å². The maximum absolute atomic E-state index is 6.17. The van der Waals surface area contributed by atoms with E-state index >= 15 is 0 Å². The fraction of sp³-hybridized carbons (Fsp3) is 0.538. The van der Waals surface area contributed by atoms with Gasteiger partial charge in [0.15, 0.2) is 0 Å². The lowest BCUT2D eigenvalue weighted by molar-refractivity contribution is 0.231. The van der Waals surface area contributed by atoms with E-state index in [0.717, 1.165) is 22.5 Å². The van der Waals surface area contributed by atoms with Crippen molar-refractivity contribution in [3.63, 3.8) is 0 Å². The molecule has 1 nitrogen and oxygen atoms in total. The van der Waals surface area contributed by atoms with Crippen LogP contribution in [0, 0.1) is 0 Å². The van der Waals surface area contributed by atoms with Gasteiger partial charge in [-0.25, -0.2) is 0 Å². The zero-order valence-corrected chi connectivity index (χ0v) is 11.7. The molecule has 3 heteroatoms. The van der Waals surface area contributed by atoms with Crippen LogP contribution in [0.15, 0.2) is 22.7 Å². The van der Waals surface area contributed by atoms with Crippen LogP contribution >= 0.6 is 27.5 Å². The van der Waals surface area contributed by atoms with E-state index in [2.05, 4.69) is 26.9 Å². The fourth-order valence-corrected chi connectivity index (χ4v) is 2.82. The van der Waals surface area contributed by atoms with Gasteiger partial charge in [0, 0.05) is 16.0 Å². The Kier molecular flexibility index (Phi) is 4.68. The van der Waals surface area contributed by atoms with E-state index in [1.165, 1.54) is 37.9 Å². The van der Waals surface area contributed by atoms with Crippen LogP contribution in [0.1, 0.15) is 24.8 Å². The van der Waals surface area contributed by atoms with Gasteiger partial charge < -0.3 is 4.90 Å². The summed E-state index contributed by atoms with van der Waals surface area (Å²) >= 11 is 9.66. The first kappa shape index (κ1) is 12.4. The highest BCUT2D eigenvalue weighted by Gasteiger charge is 2.10. The van der Waals surface area contributed by atoms with Gasteiger partial charge in [-0.2, -0.15) is 0 Å². The molecule has 0 N–H and O–H groups in total. The third kappa shape index (κ3) is 3.47. The number of rotatable bonds is 3. The molecule has 0 spiro atoms. The number of benzene rings is 1. The lowest BCUT2D eigenvalue weighted by Gasteiger charge is -2.26. The highest BCUT2D eigenvalue weighted by Crippen LogP contribution is 2.22. The molecule has 1 saturated heterocycles. The van der Waals surface area contributed by atoms with Gasteiger partial charge in [-0.3, -0.25) is 0 Å².